The smallest absolute Gasteiger partial charge is 0.241 e. The van der Waals surface area contributed by atoms with Gasteiger partial charge in [0.25, 0.3) is 0 Å². The second-order valence-electron chi connectivity index (χ2n) is 10.9. The van der Waals surface area contributed by atoms with Crippen LogP contribution in [0, 0.1) is 11.3 Å². The summed E-state index contributed by atoms with van der Waals surface area (Å²) in [5.41, 5.74) is 0.649. The minimum Gasteiger partial charge on any atom is -0.369 e. The van der Waals surface area contributed by atoms with Crippen LogP contribution in [0.2, 0.25) is 0 Å². The molecule has 2 unspecified atom stereocenters. The summed E-state index contributed by atoms with van der Waals surface area (Å²) in [6.45, 7) is 4.83. The van der Waals surface area contributed by atoms with Crippen molar-refractivity contribution in [2.75, 3.05) is 36.1 Å². The molecular formula is C24H31N5O4S2. The molecule has 4 fully saturated rings. The first-order valence-corrected chi connectivity index (χ1v) is 15.4. The summed E-state index contributed by atoms with van der Waals surface area (Å²) in [4.78, 5) is 19.5. The maximum Gasteiger partial charge on any atom is 0.241 e. The fourth-order valence-corrected chi connectivity index (χ4v) is 8.46. The number of rotatable bonds is 6. The van der Waals surface area contributed by atoms with Gasteiger partial charge in [-0.2, -0.15) is 0 Å². The summed E-state index contributed by atoms with van der Waals surface area (Å²) in [6.07, 6.45) is 3.51. The summed E-state index contributed by atoms with van der Waals surface area (Å²) in [5.74, 6) is 1.37. The van der Waals surface area contributed by atoms with Crippen LogP contribution in [0.5, 0.6) is 0 Å². The van der Waals surface area contributed by atoms with Crippen LogP contribution >= 0.6 is 0 Å². The number of nitrogens with zero attached hydrogens (tertiary/aromatic N) is 3. The molecule has 1 aromatic heterocycles. The zero-order valence-corrected chi connectivity index (χ0v) is 21.8. The summed E-state index contributed by atoms with van der Waals surface area (Å²) in [5, 5.41) is 3.57. The highest BCUT2D eigenvalue weighted by atomic mass is 32.2. The van der Waals surface area contributed by atoms with Gasteiger partial charge in [-0.25, -0.2) is 26.7 Å². The Balaban J connectivity index is 1.41. The van der Waals surface area contributed by atoms with Crippen LogP contribution < -0.4 is 14.9 Å². The van der Waals surface area contributed by atoms with E-state index in [4.69, 9.17) is 0 Å². The number of fused-ring (bicyclic) bond motifs is 2. The first-order valence-electron chi connectivity index (χ1n) is 12.1. The standard InChI is InChI=1S/C24H31N5O4S2/c1-15-14-29(8-9-34(15,31)25-3)20-11-17(35(32,33)28-23(2)6-7-23)10-19-18(20)4-5-21(26-19)27-22(30)24-12-16(24)13-24/h4-5,10-11,15-16,28H,6-9,12-14H2,1-3H3,(H,26,27,30). The predicted octanol–water partition coefficient (Wildman–Crippen LogP) is 2.72. The Morgan fingerprint density at radius 1 is 1.26 bits per heavy atom. The van der Waals surface area contributed by atoms with Gasteiger partial charge in [0.05, 0.1) is 30.8 Å². The third-order valence-electron chi connectivity index (χ3n) is 8.24. The zero-order valence-electron chi connectivity index (χ0n) is 20.2. The number of benzene rings is 1. The minimum absolute atomic E-state index is 0.00426. The molecule has 0 radical (unpaired) electrons. The van der Waals surface area contributed by atoms with Crippen molar-refractivity contribution in [3.05, 3.63) is 24.3 Å². The number of anilines is 2. The normalized spacial score (nSPS) is 32.6. The van der Waals surface area contributed by atoms with Crippen molar-refractivity contribution in [1.82, 2.24) is 9.71 Å². The maximum absolute atomic E-state index is 13.3. The SMILES string of the molecule is CN=S1(=O)CCN(c2cc(S(=O)(=O)NC3(C)CC3)cc3nc(NC(=O)C45CC4C5)ccc23)CC1C. The van der Waals surface area contributed by atoms with Crippen molar-refractivity contribution in [2.45, 2.75) is 55.2 Å². The molecular weight excluding hydrogens is 486 g/mol. The average molecular weight is 518 g/mol. The number of aromatic nitrogens is 1. The van der Waals surface area contributed by atoms with E-state index in [1.54, 1.807) is 25.2 Å². The number of amides is 1. The van der Waals surface area contributed by atoms with E-state index in [9.17, 15) is 17.4 Å². The monoisotopic (exact) mass is 517 g/mol. The van der Waals surface area contributed by atoms with Crippen molar-refractivity contribution in [2.24, 2.45) is 15.7 Å². The van der Waals surface area contributed by atoms with Crippen molar-refractivity contribution in [3.8, 4) is 0 Å². The lowest BCUT2D eigenvalue weighted by Gasteiger charge is -2.35. The van der Waals surface area contributed by atoms with Gasteiger partial charge in [-0.1, -0.05) is 0 Å². The molecule has 4 aliphatic rings. The fourth-order valence-electron chi connectivity index (χ4n) is 5.11. The molecule has 9 nitrogen and oxygen atoms in total. The maximum atomic E-state index is 13.3. The van der Waals surface area contributed by atoms with Crippen molar-refractivity contribution in [3.63, 3.8) is 0 Å². The number of pyridine rings is 1. The summed E-state index contributed by atoms with van der Waals surface area (Å²) in [7, 11) is -4.46. The highest BCUT2D eigenvalue weighted by molar-refractivity contribution is 7.94. The first kappa shape index (κ1) is 23.2. The molecule has 1 saturated heterocycles. The van der Waals surface area contributed by atoms with Crippen LogP contribution in [0.15, 0.2) is 33.5 Å². The van der Waals surface area contributed by atoms with Gasteiger partial charge in [-0.05, 0) is 69.7 Å². The highest BCUT2D eigenvalue weighted by Crippen LogP contribution is 2.75. The lowest BCUT2D eigenvalue weighted by Crippen LogP contribution is -2.45. The topological polar surface area (TPSA) is 121 Å². The molecule has 35 heavy (non-hydrogen) atoms. The van der Waals surface area contributed by atoms with E-state index < -0.39 is 25.3 Å². The fraction of sp³-hybridized carbons (Fsp3) is 0.583. The van der Waals surface area contributed by atoms with Gasteiger partial charge in [0.1, 0.15) is 5.82 Å². The number of nitrogens with one attached hydrogen (secondary N) is 2. The van der Waals surface area contributed by atoms with Gasteiger partial charge in [0, 0.05) is 42.5 Å². The van der Waals surface area contributed by atoms with Crippen LogP contribution in [0.3, 0.4) is 0 Å². The van der Waals surface area contributed by atoms with Crippen LogP contribution in [-0.2, 0) is 24.5 Å². The summed E-state index contributed by atoms with van der Waals surface area (Å²) < 4.78 is 46.6. The van der Waals surface area contributed by atoms with Gasteiger partial charge in [0.15, 0.2) is 0 Å². The number of hydrogen-bond acceptors (Lipinski definition) is 7. The van der Waals surface area contributed by atoms with Gasteiger partial charge in [0.2, 0.25) is 15.9 Å². The first-order chi connectivity index (χ1) is 16.5. The molecule has 2 aromatic rings. The Morgan fingerprint density at radius 2 is 1.97 bits per heavy atom. The lowest BCUT2D eigenvalue weighted by atomic mass is 10.1. The van der Waals surface area contributed by atoms with Crippen molar-refractivity contribution < 1.29 is 17.4 Å². The molecule has 1 aliphatic heterocycles. The molecule has 0 bridgehead atoms. The summed E-state index contributed by atoms with van der Waals surface area (Å²) in [6, 6.07) is 6.93. The van der Waals surface area contributed by atoms with Gasteiger partial charge < -0.3 is 10.2 Å². The average Bonchev–Trinajstić information content (AvgIpc) is 3.72. The zero-order chi connectivity index (χ0) is 24.8. The third kappa shape index (κ3) is 3.92. The molecule has 0 spiro atoms. The van der Waals surface area contributed by atoms with Crippen molar-refractivity contribution >= 4 is 48.1 Å². The van der Waals surface area contributed by atoms with Crippen LogP contribution in [0.4, 0.5) is 11.5 Å². The minimum atomic E-state index is -3.77. The molecule has 1 aromatic carbocycles. The molecule has 3 aliphatic carbocycles. The van der Waals surface area contributed by atoms with Crippen molar-refractivity contribution in [1.29, 1.82) is 0 Å². The van der Waals surface area contributed by atoms with E-state index in [1.807, 2.05) is 19.9 Å². The van der Waals surface area contributed by atoms with Crippen LogP contribution in [0.1, 0.15) is 39.5 Å². The largest absolute Gasteiger partial charge is 0.369 e. The Kier molecular flexibility index (Phi) is 4.89. The molecule has 1 amide bonds. The molecule has 188 valence electrons. The molecule has 6 rings (SSSR count). The molecule has 2 heterocycles. The summed E-state index contributed by atoms with van der Waals surface area (Å²) >= 11 is 0. The Morgan fingerprint density at radius 3 is 2.57 bits per heavy atom. The Hall–Kier alpha value is -2.24. The number of sulfonamides is 1. The highest BCUT2D eigenvalue weighted by Gasteiger charge is 2.74. The van der Waals surface area contributed by atoms with E-state index in [2.05, 4.69) is 24.3 Å². The van der Waals surface area contributed by atoms with E-state index >= 15 is 0 Å². The van der Waals surface area contributed by atoms with Gasteiger partial charge >= 0.3 is 0 Å². The lowest BCUT2D eigenvalue weighted by molar-refractivity contribution is -0.119. The second kappa shape index (κ2) is 7.39. The van der Waals surface area contributed by atoms with E-state index in [0.717, 1.165) is 36.8 Å². The van der Waals surface area contributed by atoms with Gasteiger partial charge in [-0.3, -0.25) is 4.79 Å². The molecule has 2 atom stereocenters. The quantitative estimate of drug-likeness (QED) is 0.608. The van der Waals surface area contributed by atoms with Crippen LogP contribution in [-0.4, -0.2) is 60.2 Å². The van der Waals surface area contributed by atoms with E-state index in [-0.39, 0.29) is 21.5 Å². The second-order valence-corrected chi connectivity index (χ2v) is 15.6. The molecule has 11 heteroatoms. The Bertz CT molecular complexity index is 1480. The van der Waals surface area contributed by atoms with E-state index in [1.165, 1.54) is 0 Å². The number of hydrogen-bond donors (Lipinski definition) is 2. The van der Waals surface area contributed by atoms with Crippen LogP contribution in [0.25, 0.3) is 10.9 Å². The molecule has 2 N–H and O–H groups in total. The predicted molar refractivity (Wildman–Crippen MR) is 137 cm³/mol. The van der Waals surface area contributed by atoms with E-state index in [0.29, 0.717) is 36.1 Å². The van der Waals surface area contributed by atoms with Gasteiger partial charge in [-0.15, -0.1) is 0 Å². The Labute approximate surface area is 206 Å². The number of carbonyl (C=O) groups excluding carboxylic acids is 1. The number of carbonyl (C=O) groups is 1. The molecule has 3 saturated carbocycles. The third-order valence-corrected chi connectivity index (χ3v) is 12.6.